The largest absolute Gasteiger partial charge is 0.476 e. The molecule has 18 heavy (non-hydrogen) atoms. The van der Waals surface area contributed by atoms with Crippen molar-refractivity contribution < 1.29 is 19.4 Å². The van der Waals surface area contributed by atoms with Crippen molar-refractivity contribution in [1.29, 1.82) is 0 Å². The van der Waals surface area contributed by atoms with Crippen LogP contribution < -0.4 is 5.32 Å². The van der Waals surface area contributed by atoms with Crippen LogP contribution in [0.1, 0.15) is 16.9 Å². The van der Waals surface area contributed by atoms with Crippen molar-refractivity contribution >= 4 is 11.7 Å². The number of rotatable bonds is 9. The first kappa shape index (κ1) is 14.4. The summed E-state index contributed by atoms with van der Waals surface area (Å²) in [7, 11) is 1.63. The van der Waals surface area contributed by atoms with Crippen LogP contribution in [0.3, 0.4) is 0 Å². The predicted molar refractivity (Wildman–Crippen MR) is 67.0 cm³/mol. The second-order valence-corrected chi connectivity index (χ2v) is 3.59. The lowest BCUT2D eigenvalue weighted by atomic mass is 10.3. The van der Waals surface area contributed by atoms with Gasteiger partial charge >= 0.3 is 5.97 Å². The Bertz CT molecular complexity index is 371. The number of carboxylic acids is 1. The van der Waals surface area contributed by atoms with E-state index in [1.807, 2.05) is 0 Å². The number of aromatic carboxylic acids is 1. The maximum absolute atomic E-state index is 10.9. The summed E-state index contributed by atoms with van der Waals surface area (Å²) in [5.74, 6) is -1.03. The second kappa shape index (κ2) is 8.43. The van der Waals surface area contributed by atoms with Gasteiger partial charge in [0.05, 0.1) is 18.9 Å². The maximum Gasteiger partial charge on any atom is 0.356 e. The summed E-state index contributed by atoms with van der Waals surface area (Å²) in [6, 6.07) is 3.39. The fourth-order valence-corrected chi connectivity index (χ4v) is 1.36. The van der Waals surface area contributed by atoms with E-state index in [4.69, 9.17) is 14.6 Å². The number of ether oxygens (including phenoxy) is 2. The zero-order chi connectivity index (χ0) is 13.2. The molecule has 0 aliphatic carbocycles. The van der Waals surface area contributed by atoms with E-state index < -0.39 is 5.97 Å². The Hall–Kier alpha value is -1.66. The standard InChI is InChI=1S/C12H18N2O4/c1-17-8-9-18-7-3-6-13-10-4-2-5-14-11(10)12(15)16/h2,4-5,13H,3,6-9H2,1H3,(H,15,16). The molecule has 0 aliphatic rings. The molecule has 0 fully saturated rings. The predicted octanol–water partition coefficient (Wildman–Crippen LogP) is 1.24. The van der Waals surface area contributed by atoms with Crippen LogP contribution in [0.25, 0.3) is 0 Å². The summed E-state index contributed by atoms with van der Waals surface area (Å²) in [5, 5.41) is 12.0. The van der Waals surface area contributed by atoms with Gasteiger partial charge in [-0.25, -0.2) is 9.78 Å². The van der Waals surface area contributed by atoms with Gasteiger partial charge in [0.1, 0.15) is 0 Å². The minimum atomic E-state index is -1.03. The van der Waals surface area contributed by atoms with Crippen molar-refractivity contribution in [2.24, 2.45) is 0 Å². The van der Waals surface area contributed by atoms with E-state index in [0.717, 1.165) is 6.42 Å². The molecule has 1 aromatic heterocycles. The lowest BCUT2D eigenvalue weighted by Gasteiger charge is -2.08. The number of nitrogens with zero attached hydrogens (tertiary/aromatic N) is 1. The number of hydrogen-bond donors (Lipinski definition) is 2. The van der Waals surface area contributed by atoms with Crippen molar-refractivity contribution in [3.8, 4) is 0 Å². The fourth-order valence-electron chi connectivity index (χ4n) is 1.36. The Balaban J connectivity index is 2.25. The number of carboxylic acid groups (broad SMARTS) is 1. The van der Waals surface area contributed by atoms with Gasteiger partial charge in [0.15, 0.2) is 5.69 Å². The summed E-state index contributed by atoms with van der Waals surface area (Å²) >= 11 is 0. The molecule has 0 radical (unpaired) electrons. The van der Waals surface area contributed by atoms with E-state index >= 15 is 0 Å². The van der Waals surface area contributed by atoms with E-state index in [-0.39, 0.29) is 5.69 Å². The number of methoxy groups -OCH3 is 1. The topological polar surface area (TPSA) is 80.7 Å². The molecule has 0 amide bonds. The minimum absolute atomic E-state index is 0.0396. The molecule has 6 heteroatoms. The molecule has 0 unspecified atom stereocenters. The van der Waals surface area contributed by atoms with Crippen molar-refractivity contribution in [2.45, 2.75) is 6.42 Å². The summed E-state index contributed by atoms with van der Waals surface area (Å²) in [5.41, 5.74) is 0.569. The van der Waals surface area contributed by atoms with Crippen LogP contribution in [0.2, 0.25) is 0 Å². The Morgan fingerprint density at radius 3 is 3.00 bits per heavy atom. The SMILES string of the molecule is COCCOCCCNc1cccnc1C(=O)O. The molecular formula is C12H18N2O4. The van der Waals surface area contributed by atoms with E-state index in [1.54, 1.807) is 19.2 Å². The first-order valence-corrected chi connectivity index (χ1v) is 5.74. The molecule has 0 bridgehead atoms. The van der Waals surface area contributed by atoms with Gasteiger partial charge in [0.25, 0.3) is 0 Å². The average molecular weight is 254 g/mol. The molecule has 0 spiro atoms. The summed E-state index contributed by atoms with van der Waals surface area (Å²) in [6.45, 7) is 2.40. The fraction of sp³-hybridized carbons (Fsp3) is 0.500. The molecule has 1 rings (SSSR count). The maximum atomic E-state index is 10.9. The van der Waals surface area contributed by atoms with Crippen molar-refractivity contribution in [3.63, 3.8) is 0 Å². The van der Waals surface area contributed by atoms with Gasteiger partial charge in [-0.15, -0.1) is 0 Å². The van der Waals surface area contributed by atoms with Crippen molar-refractivity contribution in [2.75, 3.05) is 38.8 Å². The van der Waals surface area contributed by atoms with Crippen LogP contribution >= 0.6 is 0 Å². The monoisotopic (exact) mass is 254 g/mol. The van der Waals surface area contributed by atoms with Gasteiger partial charge in [-0.2, -0.15) is 0 Å². The molecule has 0 aliphatic heterocycles. The Morgan fingerprint density at radius 1 is 1.44 bits per heavy atom. The van der Waals surface area contributed by atoms with Crippen LogP contribution in [0, 0.1) is 0 Å². The van der Waals surface area contributed by atoms with E-state index in [1.165, 1.54) is 6.20 Å². The molecule has 1 aromatic rings. The lowest BCUT2D eigenvalue weighted by Crippen LogP contribution is -2.11. The molecule has 2 N–H and O–H groups in total. The van der Waals surface area contributed by atoms with Crippen LogP contribution in [0.15, 0.2) is 18.3 Å². The number of hydrogen-bond acceptors (Lipinski definition) is 5. The smallest absolute Gasteiger partial charge is 0.356 e. The van der Waals surface area contributed by atoms with Gasteiger partial charge in [0, 0.05) is 26.5 Å². The highest BCUT2D eigenvalue weighted by Crippen LogP contribution is 2.11. The van der Waals surface area contributed by atoms with Gasteiger partial charge < -0.3 is 19.9 Å². The lowest BCUT2D eigenvalue weighted by molar-refractivity contribution is 0.0691. The zero-order valence-corrected chi connectivity index (χ0v) is 10.4. The third kappa shape index (κ3) is 5.11. The third-order valence-electron chi connectivity index (χ3n) is 2.22. The number of carbonyl (C=O) groups is 1. The number of nitrogens with one attached hydrogen (secondary N) is 1. The molecule has 1 heterocycles. The van der Waals surface area contributed by atoms with Crippen molar-refractivity contribution in [3.05, 3.63) is 24.0 Å². The van der Waals surface area contributed by atoms with Crippen molar-refractivity contribution in [1.82, 2.24) is 4.98 Å². The van der Waals surface area contributed by atoms with Crippen LogP contribution in [0.4, 0.5) is 5.69 Å². The van der Waals surface area contributed by atoms with Crippen LogP contribution in [-0.4, -0.2) is 49.5 Å². The summed E-state index contributed by atoms with van der Waals surface area (Å²) in [6.07, 6.45) is 2.25. The molecule has 0 saturated carbocycles. The molecule has 0 aromatic carbocycles. The first-order chi connectivity index (χ1) is 8.75. The zero-order valence-electron chi connectivity index (χ0n) is 10.4. The van der Waals surface area contributed by atoms with E-state index in [2.05, 4.69) is 10.3 Å². The van der Waals surface area contributed by atoms with Crippen LogP contribution in [0.5, 0.6) is 0 Å². The third-order valence-corrected chi connectivity index (χ3v) is 2.22. The number of pyridine rings is 1. The quantitative estimate of drug-likeness (QED) is 0.645. The molecule has 0 atom stereocenters. The van der Waals surface area contributed by atoms with E-state index in [9.17, 15) is 4.79 Å². The normalized spacial score (nSPS) is 10.3. The molecule has 100 valence electrons. The molecule has 6 nitrogen and oxygen atoms in total. The minimum Gasteiger partial charge on any atom is -0.476 e. The second-order valence-electron chi connectivity index (χ2n) is 3.59. The Labute approximate surface area is 106 Å². The van der Waals surface area contributed by atoms with Crippen LogP contribution in [-0.2, 0) is 9.47 Å². The van der Waals surface area contributed by atoms with E-state index in [0.29, 0.717) is 32.1 Å². The van der Waals surface area contributed by atoms with Gasteiger partial charge in [-0.1, -0.05) is 0 Å². The molecule has 0 saturated heterocycles. The van der Waals surface area contributed by atoms with Gasteiger partial charge in [-0.05, 0) is 18.6 Å². The Kier molecular flexibility index (Phi) is 6.75. The highest BCUT2D eigenvalue weighted by atomic mass is 16.5. The highest BCUT2D eigenvalue weighted by Gasteiger charge is 2.09. The summed E-state index contributed by atoms with van der Waals surface area (Å²) < 4.78 is 10.1. The Morgan fingerprint density at radius 2 is 2.28 bits per heavy atom. The summed E-state index contributed by atoms with van der Waals surface area (Å²) in [4.78, 5) is 14.7. The van der Waals surface area contributed by atoms with Gasteiger partial charge in [-0.3, -0.25) is 0 Å². The number of aromatic nitrogens is 1. The highest BCUT2D eigenvalue weighted by molar-refractivity contribution is 5.91. The number of anilines is 1. The molecular weight excluding hydrogens is 236 g/mol. The first-order valence-electron chi connectivity index (χ1n) is 5.74. The average Bonchev–Trinajstić information content (AvgIpc) is 2.38. The van der Waals surface area contributed by atoms with Gasteiger partial charge in [0.2, 0.25) is 0 Å².